The van der Waals surface area contributed by atoms with Gasteiger partial charge >= 0.3 is 0 Å². The summed E-state index contributed by atoms with van der Waals surface area (Å²) in [4.78, 5) is 20.1. The standard InChI is InChI=1S/C35H41N7O4/c1-38-14-16-40(17-15-38)26-9-6-24-7-10-29-27-21-25(8-11-30(27)42(37-29)33-5-3-4-19-44-33)28-23-36-39(2)35(28)45-20-18-41-13-12-31(34(41)43)46-32(24)22-26/h6-11,21-23,31,33H,3-5,12-20H2,1-2H3/b10-7+/t31-,33?/m1/s1. The molecule has 0 radical (unpaired) electrons. The van der Waals surface area contributed by atoms with Crippen molar-refractivity contribution in [3.05, 3.63) is 53.9 Å². The van der Waals surface area contributed by atoms with Gasteiger partial charge in [-0.2, -0.15) is 10.2 Å². The molecule has 1 unspecified atom stereocenters. The third-order valence-electron chi connectivity index (χ3n) is 9.76. The molecule has 240 valence electrons. The van der Waals surface area contributed by atoms with E-state index in [4.69, 9.17) is 19.3 Å². The summed E-state index contributed by atoms with van der Waals surface area (Å²) in [6.45, 7) is 6.15. The van der Waals surface area contributed by atoms with Crippen LogP contribution in [0.2, 0.25) is 0 Å². The normalized spacial score (nSPS) is 23.1. The fraction of sp³-hybridized carbons (Fsp3) is 0.457. The molecule has 8 rings (SSSR count). The van der Waals surface area contributed by atoms with Gasteiger partial charge < -0.3 is 28.9 Å². The first-order valence-corrected chi connectivity index (χ1v) is 16.5. The quantitative estimate of drug-likeness (QED) is 0.324. The number of fused-ring (bicyclic) bond motifs is 6. The summed E-state index contributed by atoms with van der Waals surface area (Å²) in [6, 6.07) is 12.8. The SMILES string of the molecule is CN1CCN(c2ccc3c(c2)O[C@@H]2CCN(CCOc4c(cnn4C)-c4ccc5c(c4)c(nn5C4CCCCO4)/C=C/3)C2=O)CC1. The zero-order chi connectivity index (χ0) is 31.2. The number of amides is 1. The third kappa shape index (κ3) is 5.41. The summed E-state index contributed by atoms with van der Waals surface area (Å²) < 4.78 is 22.8. The first-order valence-electron chi connectivity index (χ1n) is 16.5. The molecule has 3 saturated heterocycles. The van der Waals surface area contributed by atoms with Crippen LogP contribution < -0.4 is 14.4 Å². The number of carbonyl (C=O) groups excluding carboxylic acids is 1. The number of hydrogen-bond donors (Lipinski definition) is 0. The van der Waals surface area contributed by atoms with Gasteiger partial charge in [-0.05, 0) is 68.3 Å². The summed E-state index contributed by atoms with van der Waals surface area (Å²) in [5, 5.41) is 10.7. The van der Waals surface area contributed by atoms with Crippen LogP contribution in [0, 0.1) is 0 Å². The highest BCUT2D eigenvalue weighted by Gasteiger charge is 2.34. The number of carbonyl (C=O) groups is 1. The topological polar surface area (TPSA) is 90.1 Å². The van der Waals surface area contributed by atoms with Crippen LogP contribution in [-0.4, -0.2) is 101 Å². The molecule has 0 saturated carbocycles. The van der Waals surface area contributed by atoms with Gasteiger partial charge in [0, 0.05) is 75.5 Å². The van der Waals surface area contributed by atoms with Gasteiger partial charge in [-0.15, -0.1) is 0 Å². The number of nitrogens with zero attached hydrogens (tertiary/aromatic N) is 7. The minimum atomic E-state index is -0.540. The number of piperazine rings is 1. The molecule has 4 aromatic rings. The van der Waals surface area contributed by atoms with E-state index in [1.165, 1.54) is 0 Å². The Morgan fingerprint density at radius 2 is 1.76 bits per heavy atom. The van der Waals surface area contributed by atoms with Crippen molar-refractivity contribution in [2.75, 3.05) is 64.4 Å². The average Bonchev–Trinajstić information content (AvgIpc) is 3.75. The second kappa shape index (κ2) is 12.1. The number of ether oxygens (including phenoxy) is 3. The Kier molecular flexibility index (Phi) is 7.65. The lowest BCUT2D eigenvalue weighted by molar-refractivity contribution is -0.133. The van der Waals surface area contributed by atoms with Crippen LogP contribution in [0.25, 0.3) is 34.2 Å². The largest absolute Gasteiger partial charge is 0.480 e. The van der Waals surface area contributed by atoms with Gasteiger partial charge in [-0.25, -0.2) is 9.36 Å². The molecule has 3 fully saturated rings. The van der Waals surface area contributed by atoms with Gasteiger partial charge in [-0.1, -0.05) is 6.07 Å². The predicted molar refractivity (Wildman–Crippen MR) is 177 cm³/mol. The molecule has 6 heterocycles. The Morgan fingerprint density at radius 3 is 2.61 bits per heavy atom. The molecule has 11 nitrogen and oxygen atoms in total. The lowest BCUT2D eigenvalue weighted by Gasteiger charge is -2.34. The summed E-state index contributed by atoms with van der Waals surface area (Å²) in [5.74, 6) is 1.39. The maximum atomic E-state index is 13.5. The van der Waals surface area contributed by atoms with Gasteiger partial charge in [-0.3, -0.25) is 4.79 Å². The van der Waals surface area contributed by atoms with Gasteiger partial charge in [0.2, 0.25) is 5.88 Å². The Bertz CT molecular complexity index is 1780. The first-order chi connectivity index (χ1) is 22.5. The van der Waals surface area contributed by atoms with Crippen molar-refractivity contribution < 1.29 is 19.0 Å². The maximum Gasteiger partial charge on any atom is 0.263 e. The van der Waals surface area contributed by atoms with Crippen molar-refractivity contribution >= 4 is 34.6 Å². The van der Waals surface area contributed by atoms with Crippen molar-refractivity contribution in [1.29, 1.82) is 0 Å². The molecule has 2 aromatic carbocycles. The average molecular weight is 624 g/mol. The van der Waals surface area contributed by atoms with Gasteiger partial charge in [0.1, 0.15) is 12.4 Å². The number of benzene rings is 2. The third-order valence-corrected chi connectivity index (χ3v) is 9.76. The van der Waals surface area contributed by atoms with E-state index in [0.717, 1.165) is 91.0 Å². The number of aryl methyl sites for hydroxylation is 1. The molecule has 1 amide bonds. The molecule has 46 heavy (non-hydrogen) atoms. The second-order valence-corrected chi connectivity index (χ2v) is 12.8. The molecule has 0 spiro atoms. The summed E-state index contributed by atoms with van der Waals surface area (Å²) >= 11 is 0. The summed E-state index contributed by atoms with van der Waals surface area (Å²) in [7, 11) is 4.04. The van der Waals surface area contributed by atoms with Crippen LogP contribution in [0.15, 0.2) is 42.6 Å². The first kappa shape index (κ1) is 29.1. The maximum absolute atomic E-state index is 13.5. The molecular weight excluding hydrogens is 582 g/mol. The zero-order valence-corrected chi connectivity index (χ0v) is 26.6. The van der Waals surface area contributed by atoms with Crippen molar-refractivity contribution in [3.63, 3.8) is 0 Å². The molecule has 4 aliphatic rings. The van der Waals surface area contributed by atoms with E-state index >= 15 is 0 Å². The van der Waals surface area contributed by atoms with Crippen molar-refractivity contribution in [1.82, 2.24) is 29.4 Å². The van der Waals surface area contributed by atoms with E-state index in [1.54, 1.807) is 4.68 Å². The van der Waals surface area contributed by atoms with Crippen molar-refractivity contribution in [2.45, 2.75) is 38.0 Å². The highest BCUT2D eigenvalue weighted by atomic mass is 16.5. The predicted octanol–water partition coefficient (Wildman–Crippen LogP) is 4.43. The van der Waals surface area contributed by atoms with E-state index in [0.29, 0.717) is 37.7 Å². The molecule has 2 aromatic heterocycles. The fourth-order valence-electron chi connectivity index (χ4n) is 7.03. The minimum Gasteiger partial charge on any atom is -0.480 e. The number of rotatable bonds is 2. The minimum absolute atomic E-state index is 0.00216. The van der Waals surface area contributed by atoms with Crippen LogP contribution in [0.4, 0.5) is 5.69 Å². The lowest BCUT2D eigenvalue weighted by Crippen LogP contribution is -2.44. The smallest absolute Gasteiger partial charge is 0.263 e. The molecule has 0 N–H and O–H groups in total. The van der Waals surface area contributed by atoms with Crippen LogP contribution in [0.3, 0.4) is 0 Å². The van der Waals surface area contributed by atoms with E-state index < -0.39 is 6.10 Å². The highest BCUT2D eigenvalue weighted by molar-refractivity contribution is 5.94. The van der Waals surface area contributed by atoms with Crippen LogP contribution >= 0.6 is 0 Å². The molecule has 4 bridgehead atoms. The van der Waals surface area contributed by atoms with E-state index in [2.05, 4.69) is 70.5 Å². The molecular formula is C35H41N7O4. The molecule has 2 atom stereocenters. The van der Waals surface area contributed by atoms with Gasteiger partial charge in [0.05, 0.1) is 29.5 Å². The number of anilines is 1. The van der Waals surface area contributed by atoms with E-state index in [-0.39, 0.29) is 12.1 Å². The van der Waals surface area contributed by atoms with Gasteiger partial charge in [0.15, 0.2) is 12.3 Å². The second-order valence-electron chi connectivity index (χ2n) is 12.8. The number of hydrogen-bond acceptors (Lipinski definition) is 8. The fourth-order valence-corrected chi connectivity index (χ4v) is 7.03. The van der Waals surface area contributed by atoms with Crippen LogP contribution in [0.1, 0.15) is 43.2 Å². The Hall–Kier alpha value is -4.35. The number of likely N-dealkylation sites (N-methyl/N-ethyl adjacent to an activating group) is 1. The molecule has 11 heteroatoms. The van der Waals surface area contributed by atoms with Crippen LogP contribution in [-0.2, 0) is 16.6 Å². The highest BCUT2D eigenvalue weighted by Crippen LogP contribution is 2.36. The van der Waals surface area contributed by atoms with Crippen LogP contribution in [0.5, 0.6) is 11.6 Å². The number of aromatic nitrogens is 4. The monoisotopic (exact) mass is 623 g/mol. The van der Waals surface area contributed by atoms with Crippen molar-refractivity contribution in [3.8, 4) is 22.8 Å². The molecule has 0 aliphatic carbocycles. The van der Waals surface area contributed by atoms with Crippen molar-refractivity contribution in [2.24, 2.45) is 7.05 Å². The Balaban J connectivity index is 1.24. The summed E-state index contributed by atoms with van der Waals surface area (Å²) in [5.41, 5.74) is 5.80. The Morgan fingerprint density at radius 1 is 0.870 bits per heavy atom. The van der Waals surface area contributed by atoms with E-state index in [9.17, 15) is 4.79 Å². The Labute approximate surface area is 268 Å². The zero-order valence-electron chi connectivity index (χ0n) is 26.6. The van der Waals surface area contributed by atoms with E-state index in [1.807, 2.05) is 22.8 Å². The molecule has 4 aliphatic heterocycles. The lowest BCUT2D eigenvalue weighted by atomic mass is 10.0. The summed E-state index contributed by atoms with van der Waals surface area (Å²) in [6.07, 6.45) is 9.08. The van der Waals surface area contributed by atoms with Gasteiger partial charge in [0.25, 0.3) is 5.91 Å².